The number of rotatable bonds is 5. The summed E-state index contributed by atoms with van der Waals surface area (Å²) in [5.74, 6) is 0. The minimum atomic E-state index is 0.579. The Morgan fingerprint density at radius 3 is 2.32 bits per heavy atom. The van der Waals surface area contributed by atoms with E-state index < -0.39 is 0 Å². The molecule has 1 aromatic heterocycles. The van der Waals surface area contributed by atoms with Crippen LogP contribution in [-0.4, -0.2) is 28.1 Å². The van der Waals surface area contributed by atoms with Crippen LogP contribution in [0.15, 0.2) is 35.4 Å². The quantitative estimate of drug-likeness (QED) is 0.380. The molecule has 2 aromatic carbocycles. The molecule has 0 unspecified atom stereocenters. The van der Waals surface area contributed by atoms with Crippen LogP contribution in [0.4, 0.5) is 11.4 Å². The highest BCUT2D eigenvalue weighted by Gasteiger charge is 2.11. The van der Waals surface area contributed by atoms with E-state index >= 15 is 0 Å². The highest BCUT2D eigenvalue weighted by molar-refractivity contribution is 5.79. The molecule has 0 radical (unpaired) electrons. The molecule has 1 heterocycles. The van der Waals surface area contributed by atoms with Gasteiger partial charge in [-0.2, -0.15) is 4.80 Å². The van der Waals surface area contributed by atoms with Crippen LogP contribution in [0.5, 0.6) is 0 Å². The van der Waals surface area contributed by atoms with E-state index in [4.69, 9.17) is 5.53 Å². The highest BCUT2D eigenvalue weighted by atomic mass is 15.5. The predicted molar refractivity (Wildman–Crippen MR) is 101 cm³/mol. The van der Waals surface area contributed by atoms with Gasteiger partial charge in [0.25, 0.3) is 0 Å². The van der Waals surface area contributed by atoms with Gasteiger partial charge in [-0.1, -0.05) is 5.11 Å². The van der Waals surface area contributed by atoms with Crippen LogP contribution in [0.25, 0.3) is 27.2 Å². The zero-order valence-corrected chi connectivity index (χ0v) is 14.9. The highest BCUT2D eigenvalue weighted by Crippen LogP contribution is 2.26. The standard InChI is InChI=1S/C18H21N7/c1-5-24(6-2)14-7-8-18(13(4)9-14)25-21-16-10-12(3)15(20-23-19)11-17(16)22-25/h7-11H,5-6H2,1-4H3. The van der Waals surface area contributed by atoms with Crippen LogP contribution in [-0.2, 0) is 0 Å². The van der Waals surface area contributed by atoms with Gasteiger partial charge in [-0.05, 0) is 74.7 Å². The molecule has 3 rings (SSSR count). The molecule has 0 spiro atoms. The number of hydrogen-bond acceptors (Lipinski definition) is 4. The fourth-order valence-electron chi connectivity index (χ4n) is 2.97. The zero-order chi connectivity index (χ0) is 18.0. The molecular weight excluding hydrogens is 314 g/mol. The first-order valence-corrected chi connectivity index (χ1v) is 8.36. The third-order valence-corrected chi connectivity index (χ3v) is 4.37. The molecule has 0 fully saturated rings. The molecule has 0 saturated heterocycles. The lowest BCUT2D eigenvalue weighted by atomic mass is 10.1. The SMILES string of the molecule is CCN(CC)c1ccc(-n2nc3cc(C)c(N=[N+]=[N-])cc3n2)c(C)c1. The second-order valence-corrected chi connectivity index (χ2v) is 5.95. The lowest BCUT2D eigenvalue weighted by molar-refractivity contribution is 0.759. The van der Waals surface area contributed by atoms with E-state index in [-0.39, 0.29) is 0 Å². The van der Waals surface area contributed by atoms with E-state index in [0.717, 1.165) is 35.4 Å². The second-order valence-electron chi connectivity index (χ2n) is 5.95. The minimum Gasteiger partial charge on any atom is -0.372 e. The molecular formula is C18H21N7. The Bertz CT molecular complexity index is 963. The number of nitrogens with zero attached hydrogens (tertiary/aromatic N) is 7. The van der Waals surface area contributed by atoms with E-state index in [0.29, 0.717) is 11.2 Å². The number of anilines is 1. The summed E-state index contributed by atoms with van der Waals surface area (Å²) in [6, 6.07) is 9.96. The van der Waals surface area contributed by atoms with Gasteiger partial charge in [-0.15, -0.1) is 10.2 Å². The lowest BCUT2D eigenvalue weighted by Crippen LogP contribution is -2.21. The average molecular weight is 335 g/mol. The van der Waals surface area contributed by atoms with Crippen molar-refractivity contribution in [1.82, 2.24) is 15.0 Å². The summed E-state index contributed by atoms with van der Waals surface area (Å²) in [4.78, 5) is 6.81. The second kappa shape index (κ2) is 6.83. The van der Waals surface area contributed by atoms with Gasteiger partial charge < -0.3 is 4.90 Å². The van der Waals surface area contributed by atoms with Crippen molar-refractivity contribution in [2.45, 2.75) is 27.7 Å². The molecule has 25 heavy (non-hydrogen) atoms. The zero-order valence-electron chi connectivity index (χ0n) is 14.9. The molecule has 0 bridgehead atoms. The maximum atomic E-state index is 8.66. The molecule has 128 valence electrons. The summed E-state index contributed by atoms with van der Waals surface area (Å²) in [6.07, 6.45) is 0. The van der Waals surface area contributed by atoms with Gasteiger partial charge >= 0.3 is 0 Å². The van der Waals surface area contributed by atoms with Crippen molar-refractivity contribution in [3.63, 3.8) is 0 Å². The van der Waals surface area contributed by atoms with Gasteiger partial charge in [0.2, 0.25) is 0 Å². The van der Waals surface area contributed by atoms with Crippen molar-refractivity contribution in [2.24, 2.45) is 5.11 Å². The van der Waals surface area contributed by atoms with Gasteiger partial charge in [0, 0.05) is 29.4 Å². The Morgan fingerprint density at radius 1 is 1.04 bits per heavy atom. The van der Waals surface area contributed by atoms with Gasteiger partial charge in [-0.25, -0.2) is 0 Å². The minimum absolute atomic E-state index is 0.579. The van der Waals surface area contributed by atoms with Crippen LogP contribution >= 0.6 is 0 Å². The Balaban J connectivity index is 2.06. The number of hydrogen-bond donors (Lipinski definition) is 0. The molecule has 0 aliphatic rings. The number of aromatic nitrogens is 3. The topological polar surface area (TPSA) is 82.7 Å². The summed E-state index contributed by atoms with van der Waals surface area (Å²) in [6.45, 7) is 10.2. The van der Waals surface area contributed by atoms with E-state index in [1.807, 2.05) is 19.1 Å². The summed E-state index contributed by atoms with van der Waals surface area (Å²) in [5.41, 5.74) is 14.9. The van der Waals surface area contributed by atoms with E-state index in [9.17, 15) is 0 Å². The summed E-state index contributed by atoms with van der Waals surface area (Å²) >= 11 is 0. The number of azide groups is 1. The monoisotopic (exact) mass is 335 g/mol. The van der Waals surface area contributed by atoms with Gasteiger partial charge in [0.15, 0.2) is 0 Å². The summed E-state index contributed by atoms with van der Waals surface area (Å²) < 4.78 is 0. The van der Waals surface area contributed by atoms with Crippen molar-refractivity contribution in [3.8, 4) is 5.69 Å². The number of fused-ring (bicyclic) bond motifs is 1. The van der Waals surface area contributed by atoms with Crippen molar-refractivity contribution < 1.29 is 0 Å². The largest absolute Gasteiger partial charge is 0.372 e. The Morgan fingerprint density at radius 2 is 1.72 bits per heavy atom. The normalized spacial score (nSPS) is 10.7. The van der Waals surface area contributed by atoms with Crippen molar-refractivity contribution in [3.05, 3.63) is 51.9 Å². The van der Waals surface area contributed by atoms with Crippen LogP contribution in [0.1, 0.15) is 25.0 Å². The van der Waals surface area contributed by atoms with E-state index in [1.165, 1.54) is 5.69 Å². The molecule has 7 nitrogen and oxygen atoms in total. The fraction of sp³-hybridized carbons (Fsp3) is 0.333. The molecule has 7 heteroatoms. The fourth-order valence-corrected chi connectivity index (χ4v) is 2.97. The van der Waals surface area contributed by atoms with Crippen LogP contribution in [0.3, 0.4) is 0 Å². The first-order valence-electron chi connectivity index (χ1n) is 8.36. The maximum Gasteiger partial charge on any atom is 0.114 e. The molecule has 0 N–H and O–H groups in total. The molecule has 3 aromatic rings. The summed E-state index contributed by atoms with van der Waals surface area (Å²) in [7, 11) is 0. The maximum absolute atomic E-state index is 8.66. The molecule has 0 aliphatic heterocycles. The van der Waals surface area contributed by atoms with Crippen molar-refractivity contribution >= 4 is 22.4 Å². The van der Waals surface area contributed by atoms with Crippen molar-refractivity contribution in [2.75, 3.05) is 18.0 Å². The van der Waals surface area contributed by atoms with Crippen LogP contribution < -0.4 is 4.90 Å². The van der Waals surface area contributed by atoms with Crippen molar-refractivity contribution in [1.29, 1.82) is 0 Å². The molecule has 0 aliphatic carbocycles. The Kier molecular flexibility index (Phi) is 4.59. The van der Waals surface area contributed by atoms with Gasteiger partial charge in [-0.3, -0.25) is 0 Å². The van der Waals surface area contributed by atoms with E-state index in [1.54, 1.807) is 10.9 Å². The predicted octanol–water partition coefficient (Wildman–Crippen LogP) is 4.83. The smallest absolute Gasteiger partial charge is 0.114 e. The van der Waals surface area contributed by atoms with Gasteiger partial charge in [0.1, 0.15) is 11.0 Å². The first-order chi connectivity index (χ1) is 12.1. The molecule has 0 saturated carbocycles. The number of benzene rings is 2. The Labute approximate surface area is 146 Å². The average Bonchev–Trinajstić information content (AvgIpc) is 2.99. The Hall–Kier alpha value is -3.05. The van der Waals surface area contributed by atoms with Crippen LogP contribution in [0, 0.1) is 13.8 Å². The summed E-state index contributed by atoms with van der Waals surface area (Å²) in [5, 5.41) is 12.8. The first kappa shape index (κ1) is 16.8. The molecule has 0 amide bonds. The lowest BCUT2D eigenvalue weighted by Gasteiger charge is -2.22. The van der Waals surface area contributed by atoms with Crippen LogP contribution in [0.2, 0.25) is 0 Å². The van der Waals surface area contributed by atoms with Gasteiger partial charge in [0.05, 0.1) is 5.69 Å². The number of aryl methyl sites for hydroxylation is 2. The van der Waals surface area contributed by atoms with E-state index in [2.05, 4.69) is 58.0 Å². The third kappa shape index (κ3) is 3.14. The third-order valence-electron chi connectivity index (χ3n) is 4.37. The molecule has 0 atom stereocenters.